The molecule has 138 valence electrons. The Morgan fingerprint density at radius 1 is 1.31 bits per heavy atom. The normalized spacial score (nSPS) is 10.2. The Hall–Kier alpha value is -3.09. The summed E-state index contributed by atoms with van der Waals surface area (Å²) in [4.78, 5) is 19.8. The standard InChI is InChI=1S/C19H24N4O3/c1-11(2)7-12(3)21-16-8-18(23-15(6)24)20-9-17(16)25-10-19-22-13(4)14(5)26-19/h7-9H,3,10H2,1-2,4-6H3,(H2,20,21,23,24). The molecular formula is C19H24N4O3. The fraction of sp³-hybridized carbons (Fsp3) is 0.316. The van der Waals surface area contributed by atoms with Gasteiger partial charge in [0.05, 0.1) is 17.6 Å². The average Bonchev–Trinajstić information content (AvgIpc) is 2.83. The minimum Gasteiger partial charge on any atom is -0.480 e. The van der Waals surface area contributed by atoms with Crippen molar-refractivity contribution in [2.45, 2.75) is 41.2 Å². The zero-order valence-electron chi connectivity index (χ0n) is 15.8. The van der Waals surface area contributed by atoms with E-state index in [-0.39, 0.29) is 12.5 Å². The molecule has 7 nitrogen and oxygen atoms in total. The highest BCUT2D eigenvalue weighted by atomic mass is 16.5. The van der Waals surface area contributed by atoms with Crippen molar-refractivity contribution < 1.29 is 13.9 Å². The maximum absolute atomic E-state index is 11.3. The molecule has 2 aromatic heterocycles. The first-order valence-corrected chi connectivity index (χ1v) is 8.18. The number of carbonyl (C=O) groups is 1. The lowest BCUT2D eigenvalue weighted by atomic mass is 10.2. The second-order valence-corrected chi connectivity index (χ2v) is 6.16. The van der Waals surface area contributed by atoms with Gasteiger partial charge in [-0.25, -0.2) is 9.97 Å². The van der Waals surface area contributed by atoms with E-state index >= 15 is 0 Å². The largest absolute Gasteiger partial charge is 0.480 e. The molecule has 0 unspecified atom stereocenters. The molecule has 0 bridgehead atoms. The van der Waals surface area contributed by atoms with Gasteiger partial charge in [0.2, 0.25) is 11.8 Å². The van der Waals surface area contributed by atoms with Crippen molar-refractivity contribution >= 4 is 17.4 Å². The molecule has 0 aliphatic rings. The van der Waals surface area contributed by atoms with E-state index in [1.165, 1.54) is 13.1 Å². The molecule has 7 heteroatoms. The average molecular weight is 356 g/mol. The molecule has 0 saturated carbocycles. The van der Waals surface area contributed by atoms with Crippen LogP contribution in [0.15, 0.2) is 40.6 Å². The summed E-state index contributed by atoms with van der Waals surface area (Å²) < 4.78 is 11.3. The predicted octanol–water partition coefficient (Wildman–Crippen LogP) is 4.12. The van der Waals surface area contributed by atoms with Crippen molar-refractivity contribution in [3.63, 3.8) is 0 Å². The Balaban J connectivity index is 2.23. The highest BCUT2D eigenvalue weighted by molar-refractivity contribution is 5.88. The molecule has 26 heavy (non-hydrogen) atoms. The molecule has 0 radical (unpaired) electrons. The number of rotatable bonds is 7. The quantitative estimate of drug-likeness (QED) is 0.726. The third-order valence-electron chi connectivity index (χ3n) is 3.35. The van der Waals surface area contributed by atoms with Crippen molar-refractivity contribution in [3.05, 3.63) is 53.5 Å². The minimum absolute atomic E-state index is 0.166. The van der Waals surface area contributed by atoms with Crippen LogP contribution in [0.3, 0.4) is 0 Å². The van der Waals surface area contributed by atoms with Crippen LogP contribution < -0.4 is 15.4 Å². The Labute approximate surface area is 153 Å². The fourth-order valence-electron chi connectivity index (χ4n) is 2.20. The lowest BCUT2D eigenvalue weighted by molar-refractivity contribution is -0.114. The van der Waals surface area contributed by atoms with Gasteiger partial charge in [-0.15, -0.1) is 0 Å². The van der Waals surface area contributed by atoms with E-state index in [2.05, 4.69) is 27.2 Å². The van der Waals surface area contributed by atoms with Crippen LogP contribution >= 0.6 is 0 Å². The summed E-state index contributed by atoms with van der Waals surface area (Å²) in [7, 11) is 0. The number of amides is 1. The zero-order valence-corrected chi connectivity index (χ0v) is 15.8. The van der Waals surface area contributed by atoms with Crippen molar-refractivity contribution in [1.82, 2.24) is 9.97 Å². The van der Waals surface area contributed by atoms with Crippen molar-refractivity contribution in [2.75, 3.05) is 10.6 Å². The number of pyridine rings is 1. The van der Waals surface area contributed by atoms with Gasteiger partial charge in [-0.1, -0.05) is 12.2 Å². The molecule has 0 aliphatic heterocycles. The summed E-state index contributed by atoms with van der Waals surface area (Å²) in [6.07, 6.45) is 3.44. The van der Waals surface area contributed by atoms with E-state index in [0.717, 1.165) is 17.0 Å². The van der Waals surface area contributed by atoms with Gasteiger partial charge in [-0.05, 0) is 33.8 Å². The van der Waals surface area contributed by atoms with Crippen molar-refractivity contribution in [3.8, 4) is 5.75 Å². The predicted molar refractivity (Wildman–Crippen MR) is 101 cm³/mol. The van der Waals surface area contributed by atoms with Gasteiger partial charge in [-0.2, -0.15) is 0 Å². The molecule has 0 aliphatic carbocycles. The third kappa shape index (κ3) is 5.47. The second-order valence-electron chi connectivity index (χ2n) is 6.16. The summed E-state index contributed by atoms with van der Waals surface area (Å²) in [5, 5.41) is 5.82. The highest BCUT2D eigenvalue weighted by Crippen LogP contribution is 2.28. The smallest absolute Gasteiger partial charge is 0.232 e. The molecule has 0 saturated heterocycles. The maximum Gasteiger partial charge on any atom is 0.232 e. The van der Waals surface area contributed by atoms with Crippen molar-refractivity contribution in [2.24, 2.45) is 0 Å². The number of aromatic nitrogens is 2. The van der Waals surface area contributed by atoms with Gasteiger partial charge in [0.15, 0.2) is 12.4 Å². The van der Waals surface area contributed by atoms with E-state index in [9.17, 15) is 4.79 Å². The molecule has 2 rings (SSSR count). The van der Waals surface area contributed by atoms with Crippen molar-refractivity contribution in [1.29, 1.82) is 0 Å². The van der Waals surface area contributed by atoms with Gasteiger partial charge < -0.3 is 19.8 Å². The molecule has 0 spiro atoms. The first kappa shape index (κ1) is 19.2. The number of nitrogens with zero attached hydrogens (tertiary/aromatic N) is 2. The van der Waals surface area contributed by atoms with Crippen LogP contribution in [0.1, 0.15) is 38.1 Å². The first-order chi connectivity index (χ1) is 12.2. The highest BCUT2D eigenvalue weighted by Gasteiger charge is 2.11. The number of ether oxygens (including phenoxy) is 1. The van der Waals surface area contributed by atoms with Crippen LogP contribution in [0.4, 0.5) is 11.5 Å². The van der Waals surface area contributed by atoms with E-state index < -0.39 is 0 Å². The first-order valence-electron chi connectivity index (χ1n) is 8.18. The van der Waals surface area contributed by atoms with Gasteiger partial charge in [-0.3, -0.25) is 4.79 Å². The van der Waals surface area contributed by atoms with E-state index in [0.29, 0.717) is 28.8 Å². The Kier molecular flexibility index (Phi) is 6.16. The SMILES string of the molecule is C=C(C=C(C)C)Nc1cc(NC(C)=O)ncc1OCc1nc(C)c(C)o1. The molecule has 2 aromatic rings. The molecule has 1 amide bonds. The van der Waals surface area contributed by atoms with E-state index in [1.807, 2.05) is 33.8 Å². The number of oxazole rings is 1. The lowest BCUT2D eigenvalue weighted by Crippen LogP contribution is -2.09. The van der Waals surface area contributed by atoms with Gasteiger partial charge in [0.25, 0.3) is 0 Å². The summed E-state index contributed by atoms with van der Waals surface area (Å²) in [6.45, 7) is 13.3. The monoisotopic (exact) mass is 356 g/mol. The Morgan fingerprint density at radius 2 is 2.04 bits per heavy atom. The van der Waals surface area contributed by atoms with E-state index in [1.54, 1.807) is 6.07 Å². The van der Waals surface area contributed by atoms with E-state index in [4.69, 9.17) is 9.15 Å². The number of hydrogen-bond acceptors (Lipinski definition) is 6. The van der Waals surface area contributed by atoms with Gasteiger partial charge in [0.1, 0.15) is 11.6 Å². The molecule has 2 heterocycles. The maximum atomic E-state index is 11.3. The second kappa shape index (κ2) is 8.33. The zero-order chi connectivity index (χ0) is 19.3. The van der Waals surface area contributed by atoms with Crippen LogP contribution in [-0.4, -0.2) is 15.9 Å². The Morgan fingerprint density at radius 3 is 2.62 bits per heavy atom. The van der Waals surface area contributed by atoms with Crippen LogP contribution in [0.2, 0.25) is 0 Å². The third-order valence-corrected chi connectivity index (χ3v) is 3.35. The number of anilines is 2. The molecule has 0 fully saturated rings. The fourth-order valence-corrected chi connectivity index (χ4v) is 2.20. The summed E-state index contributed by atoms with van der Waals surface area (Å²) in [5.41, 5.74) is 3.26. The summed E-state index contributed by atoms with van der Waals surface area (Å²) in [5.74, 6) is 1.96. The van der Waals surface area contributed by atoms with Crippen LogP contribution in [0.25, 0.3) is 0 Å². The molecule has 0 aromatic carbocycles. The van der Waals surface area contributed by atoms with Crippen LogP contribution in [0, 0.1) is 13.8 Å². The van der Waals surface area contributed by atoms with Crippen LogP contribution in [-0.2, 0) is 11.4 Å². The summed E-state index contributed by atoms with van der Waals surface area (Å²) in [6, 6.07) is 1.69. The number of nitrogens with one attached hydrogen (secondary N) is 2. The topological polar surface area (TPSA) is 89.3 Å². The number of aryl methyl sites for hydroxylation is 2. The Bertz CT molecular complexity index is 829. The minimum atomic E-state index is -0.203. The number of hydrogen-bond donors (Lipinski definition) is 2. The van der Waals surface area contributed by atoms with Gasteiger partial charge in [0, 0.05) is 18.7 Å². The molecule has 2 N–H and O–H groups in total. The molecular weight excluding hydrogens is 332 g/mol. The van der Waals surface area contributed by atoms with Gasteiger partial charge >= 0.3 is 0 Å². The number of allylic oxidation sites excluding steroid dienone is 2. The molecule has 0 atom stereocenters. The summed E-state index contributed by atoms with van der Waals surface area (Å²) >= 11 is 0. The van der Waals surface area contributed by atoms with Crippen LogP contribution in [0.5, 0.6) is 5.75 Å². The lowest BCUT2D eigenvalue weighted by Gasteiger charge is -2.14. The number of carbonyl (C=O) groups excluding carboxylic acids is 1.